The van der Waals surface area contributed by atoms with E-state index in [2.05, 4.69) is 9.73 Å². The van der Waals surface area contributed by atoms with Gasteiger partial charge in [-0.25, -0.2) is 4.79 Å². The average molecular weight is 137 g/mol. The molecule has 0 radical (unpaired) electrons. The molecular formula is C4H5F2NO2. The molecule has 0 bridgehead atoms. The fraction of sp³-hybridized carbons (Fsp3) is 0.750. The summed E-state index contributed by atoms with van der Waals surface area (Å²) in [6.07, 6.45) is 0.738. The van der Waals surface area contributed by atoms with E-state index in [1.807, 2.05) is 0 Å². The molecule has 0 aromatic carbocycles. The number of methoxy groups -OCH3 is 1. The zero-order valence-electron chi connectivity index (χ0n) is 4.73. The van der Waals surface area contributed by atoms with Crippen LogP contribution in [0.15, 0.2) is 4.99 Å². The fourth-order valence-electron chi connectivity index (χ4n) is 0.273. The summed E-state index contributed by atoms with van der Waals surface area (Å²) in [5.74, 6) is 0. The molecule has 0 saturated heterocycles. The summed E-state index contributed by atoms with van der Waals surface area (Å²) in [5, 5.41) is 0. The Morgan fingerprint density at radius 2 is 2.33 bits per heavy atom. The fourth-order valence-corrected chi connectivity index (χ4v) is 0.273. The van der Waals surface area contributed by atoms with Gasteiger partial charge in [0.1, 0.15) is 6.61 Å². The first-order valence-corrected chi connectivity index (χ1v) is 2.08. The molecule has 0 spiro atoms. The molecule has 0 aliphatic rings. The van der Waals surface area contributed by atoms with Gasteiger partial charge >= 0.3 is 6.05 Å². The number of ether oxygens (including phenoxy) is 1. The van der Waals surface area contributed by atoms with Crippen LogP contribution in [0.4, 0.5) is 8.78 Å². The first-order chi connectivity index (χ1) is 4.12. The topological polar surface area (TPSA) is 38.7 Å². The molecule has 0 rings (SSSR count). The average Bonchev–Trinajstić information content (AvgIpc) is 1.64. The lowest BCUT2D eigenvalue weighted by molar-refractivity contribution is -0.0559. The van der Waals surface area contributed by atoms with Gasteiger partial charge < -0.3 is 4.74 Å². The second-order valence-corrected chi connectivity index (χ2v) is 1.30. The number of nitrogens with zero attached hydrogens (tertiary/aromatic N) is 1. The normalized spacial score (nSPS) is 10.6. The van der Waals surface area contributed by atoms with Crippen molar-refractivity contribution >= 4 is 6.08 Å². The van der Waals surface area contributed by atoms with Crippen molar-refractivity contribution in [3.63, 3.8) is 0 Å². The summed E-state index contributed by atoms with van der Waals surface area (Å²) in [7, 11) is 1.09. The minimum absolute atomic E-state index is 0.738. The van der Waals surface area contributed by atoms with Crippen LogP contribution in [-0.2, 0) is 9.53 Å². The second-order valence-electron chi connectivity index (χ2n) is 1.30. The Morgan fingerprint density at radius 3 is 2.67 bits per heavy atom. The van der Waals surface area contributed by atoms with E-state index in [0.29, 0.717) is 0 Å². The number of halogens is 2. The maximum absolute atomic E-state index is 11.9. The van der Waals surface area contributed by atoms with Crippen LogP contribution in [0.3, 0.4) is 0 Å². The number of alkyl halides is 2. The van der Waals surface area contributed by atoms with Crippen LogP contribution in [0.1, 0.15) is 0 Å². The SMILES string of the molecule is COCC(F)(F)N=C=O. The van der Waals surface area contributed by atoms with Gasteiger partial charge in [-0.05, 0) is 0 Å². The monoisotopic (exact) mass is 137 g/mol. The van der Waals surface area contributed by atoms with Crippen molar-refractivity contribution in [3.8, 4) is 0 Å². The van der Waals surface area contributed by atoms with E-state index in [1.54, 1.807) is 0 Å². The summed E-state index contributed by atoms with van der Waals surface area (Å²) >= 11 is 0. The maximum atomic E-state index is 11.9. The van der Waals surface area contributed by atoms with Gasteiger partial charge in [-0.2, -0.15) is 8.78 Å². The predicted molar refractivity (Wildman–Crippen MR) is 24.9 cm³/mol. The van der Waals surface area contributed by atoms with Crippen LogP contribution in [-0.4, -0.2) is 25.8 Å². The predicted octanol–water partition coefficient (Wildman–Crippen LogP) is 0.561. The van der Waals surface area contributed by atoms with Gasteiger partial charge in [-0.1, -0.05) is 0 Å². The smallest absolute Gasteiger partial charge is 0.375 e. The highest BCUT2D eigenvalue weighted by atomic mass is 19.3. The third-order valence-corrected chi connectivity index (χ3v) is 0.527. The van der Waals surface area contributed by atoms with Gasteiger partial charge in [0.15, 0.2) is 0 Å². The lowest BCUT2D eigenvalue weighted by Crippen LogP contribution is -2.19. The Labute approximate surface area is 50.3 Å². The van der Waals surface area contributed by atoms with E-state index >= 15 is 0 Å². The molecule has 0 saturated carbocycles. The summed E-state index contributed by atoms with van der Waals surface area (Å²) in [6, 6.07) is -3.42. The summed E-state index contributed by atoms with van der Waals surface area (Å²) in [4.78, 5) is 11.5. The van der Waals surface area contributed by atoms with Crippen molar-refractivity contribution in [1.82, 2.24) is 0 Å². The second kappa shape index (κ2) is 3.27. The Kier molecular flexibility index (Phi) is 2.98. The Bertz CT molecular complexity index is 131. The zero-order chi connectivity index (χ0) is 7.33. The van der Waals surface area contributed by atoms with E-state index in [9.17, 15) is 13.6 Å². The van der Waals surface area contributed by atoms with Gasteiger partial charge in [-0.3, -0.25) is 0 Å². The lowest BCUT2D eigenvalue weighted by Gasteiger charge is -2.04. The van der Waals surface area contributed by atoms with Gasteiger partial charge in [0, 0.05) is 7.11 Å². The first-order valence-electron chi connectivity index (χ1n) is 2.08. The van der Waals surface area contributed by atoms with Gasteiger partial charge in [0.05, 0.1) is 0 Å². The van der Waals surface area contributed by atoms with Crippen LogP contribution in [0, 0.1) is 0 Å². The van der Waals surface area contributed by atoms with Crippen molar-refractivity contribution in [1.29, 1.82) is 0 Å². The quantitative estimate of drug-likeness (QED) is 0.324. The van der Waals surface area contributed by atoms with Crippen LogP contribution in [0.5, 0.6) is 0 Å². The molecule has 0 amide bonds. The number of hydrogen-bond acceptors (Lipinski definition) is 3. The van der Waals surface area contributed by atoms with Gasteiger partial charge in [0.2, 0.25) is 6.08 Å². The number of carbonyl (C=O) groups excluding carboxylic acids is 1. The zero-order valence-corrected chi connectivity index (χ0v) is 4.73. The third-order valence-electron chi connectivity index (χ3n) is 0.527. The molecule has 0 aliphatic carbocycles. The molecule has 0 fully saturated rings. The largest absolute Gasteiger partial charge is 0.376 e. The Hall–Kier alpha value is -0.800. The molecule has 0 aliphatic heterocycles. The lowest BCUT2D eigenvalue weighted by atomic mass is 10.6. The van der Waals surface area contributed by atoms with Crippen molar-refractivity contribution in [2.24, 2.45) is 4.99 Å². The highest BCUT2D eigenvalue weighted by molar-refractivity contribution is 5.33. The standard InChI is InChI=1S/C4H5F2NO2/c1-9-2-4(5,6)7-3-8/h2H2,1H3. The molecule has 3 nitrogen and oxygen atoms in total. The van der Waals surface area contributed by atoms with Crippen LogP contribution in [0.25, 0.3) is 0 Å². The molecule has 0 heterocycles. The van der Waals surface area contributed by atoms with E-state index in [0.717, 1.165) is 13.2 Å². The number of isocyanates is 1. The molecule has 0 atom stereocenters. The van der Waals surface area contributed by atoms with E-state index in [1.165, 1.54) is 0 Å². The van der Waals surface area contributed by atoms with E-state index in [4.69, 9.17) is 0 Å². The molecule has 9 heavy (non-hydrogen) atoms. The van der Waals surface area contributed by atoms with E-state index < -0.39 is 12.7 Å². The molecule has 52 valence electrons. The van der Waals surface area contributed by atoms with Crippen molar-refractivity contribution in [3.05, 3.63) is 0 Å². The molecule has 0 N–H and O–H groups in total. The highest BCUT2D eigenvalue weighted by Gasteiger charge is 2.27. The Morgan fingerprint density at radius 1 is 1.78 bits per heavy atom. The van der Waals surface area contributed by atoms with E-state index in [-0.39, 0.29) is 0 Å². The molecule has 0 aromatic rings. The summed E-state index contributed by atoms with van der Waals surface area (Å²) in [6.45, 7) is -0.887. The molecular weight excluding hydrogens is 132 g/mol. The Balaban J connectivity index is 3.85. The van der Waals surface area contributed by atoms with Gasteiger partial charge in [0.25, 0.3) is 0 Å². The third kappa shape index (κ3) is 3.76. The van der Waals surface area contributed by atoms with Gasteiger partial charge in [-0.15, -0.1) is 4.99 Å². The van der Waals surface area contributed by atoms with Crippen molar-refractivity contribution in [2.75, 3.05) is 13.7 Å². The number of hydrogen-bond donors (Lipinski definition) is 0. The maximum Gasteiger partial charge on any atom is 0.375 e. The van der Waals surface area contributed by atoms with Crippen molar-refractivity contribution < 1.29 is 18.3 Å². The molecule has 5 heteroatoms. The van der Waals surface area contributed by atoms with Crippen LogP contribution < -0.4 is 0 Å². The molecule has 0 aromatic heterocycles. The molecule has 0 unspecified atom stereocenters. The van der Waals surface area contributed by atoms with Crippen LogP contribution in [0.2, 0.25) is 0 Å². The summed E-state index contributed by atoms with van der Waals surface area (Å²) < 4.78 is 27.8. The highest BCUT2D eigenvalue weighted by Crippen LogP contribution is 2.13. The minimum Gasteiger partial charge on any atom is -0.376 e. The first kappa shape index (κ1) is 8.20. The van der Waals surface area contributed by atoms with Crippen LogP contribution >= 0.6 is 0 Å². The minimum atomic E-state index is -3.42. The summed E-state index contributed by atoms with van der Waals surface area (Å²) in [5.41, 5.74) is 0. The number of rotatable bonds is 3. The number of aliphatic imine (C=N–C) groups is 1. The van der Waals surface area contributed by atoms with Crippen molar-refractivity contribution in [2.45, 2.75) is 6.05 Å².